The molecule has 0 aliphatic carbocycles. The van der Waals surface area contributed by atoms with Gasteiger partial charge in [0, 0.05) is 18.4 Å². The molecule has 192 valence electrons. The lowest BCUT2D eigenvalue weighted by molar-refractivity contribution is -0.143. The van der Waals surface area contributed by atoms with Gasteiger partial charge in [-0.2, -0.15) is 26.3 Å². The van der Waals surface area contributed by atoms with Crippen molar-refractivity contribution in [3.63, 3.8) is 0 Å². The molecule has 11 heteroatoms. The molecule has 1 aliphatic heterocycles. The number of hydrogen-bond acceptors (Lipinski definition) is 3. The zero-order valence-electron chi connectivity index (χ0n) is 18.6. The van der Waals surface area contributed by atoms with E-state index < -0.39 is 41.8 Å². The molecule has 2 N–H and O–H groups in total. The number of piperidine rings is 1. The maximum atomic E-state index is 13.4. The summed E-state index contributed by atoms with van der Waals surface area (Å²) in [6.45, 7) is 0.937. The molecule has 1 aliphatic rings. The van der Waals surface area contributed by atoms with Gasteiger partial charge in [-0.05, 0) is 67.4 Å². The third-order valence-electron chi connectivity index (χ3n) is 5.81. The third kappa shape index (κ3) is 7.93. The molecule has 4 nitrogen and oxygen atoms in total. The Morgan fingerprint density at radius 1 is 0.971 bits per heavy atom. The SMILES string of the molecule is O=C(NCC(COCc1cc(C(F)(F)F)cc(C(F)(F)F)c1)c1ccc(F)cc1)C1CCNCC1. The van der Waals surface area contributed by atoms with Crippen molar-refractivity contribution in [3.8, 4) is 0 Å². The van der Waals surface area contributed by atoms with E-state index in [1.54, 1.807) is 0 Å². The molecular weight excluding hydrogens is 481 g/mol. The molecule has 0 spiro atoms. The van der Waals surface area contributed by atoms with E-state index in [0.29, 0.717) is 30.5 Å². The molecule has 1 amide bonds. The monoisotopic (exact) mass is 506 g/mol. The van der Waals surface area contributed by atoms with E-state index in [0.717, 1.165) is 13.1 Å². The van der Waals surface area contributed by atoms with Crippen molar-refractivity contribution in [1.82, 2.24) is 10.6 Å². The van der Waals surface area contributed by atoms with Crippen LogP contribution in [0.4, 0.5) is 30.7 Å². The largest absolute Gasteiger partial charge is 0.416 e. The number of ether oxygens (including phenoxy) is 1. The van der Waals surface area contributed by atoms with Crippen LogP contribution in [0.5, 0.6) is 0 Å². The van der Waals surface area contributed by atoms with Crippen LogP contribution in [0, 0.1) is 11.7 Å². The second kappa shape index (κ2) is 11.4. The van der Waals surface area contributed by atoms with Crippen molar-refractivity contribution in [2.75, 3.05) is 26.2 Å². The predicted molar refractivity (Wildman–Crippen MR) is 114 cm³/mol. The van der Waals surface area contributed by atoms with E-state index in [9.17, 15) is 35.5 Å². The number of hydrogen-bond donors (Lipinski definition) is 2. The number of nitrogens with one attached hydrogen (secondary N) is 2. The standard InChI is InChI=1S/C24H25F7N2O2/c25-21-3-1-16(2-4-21)18(12-33-22(34)17-5-7-32-8-6-17)14-35-13-15-9-19(23(26,27)28)11-20(10-15)24(29,30)31/h1-4,9-11,17-18,32H,5-8,12-14H2,(H,33,34). The van der Waals surface area contributed by atoms with Crippen LogP contribution in [-0.4, -0.2) is 32.1 Å². The molecular formula is C24H25F7N2O2. The third-order valence-corrected chi connectivity index (χ3v) is 5.81. The molecule has 1 unspecified atom stereocenters. The molecule has 2 aromatic rings. The minimum absolute atomic E-state index is 0.0567. The van der Waals surface area contributed by atoms with Gasteiger partial charge in [-0.1, -0.05) is 12.1 Å². The van der Waals surface area contributed by atoms with E-state index in [2.05, 4.69) is 10.6 Å². The highest BCUT2D eigenvalue weighted by molar-refractivity contribution is 5.78. The fraction of sp³-hybridized carbons (Fsp3) is 0.458. The predicted octanol–water partition coefficient (Wildman–Crippen LogP) is 5.28. The first-order valence-corrected chi connectivity index (χ1v) is 11.0. The van der Waals surface area contributed by atoms with Crippen LogP contribution < -0.4 is 10.6 Å². The summed E-state index contributed by atoms with van der Waals surface area (Å²) in [5, 5.41) is 5.99. The Bertz CT molecular complexity index is 953. The van der Waals surface area contributed by atoms with Crippen LogP contribution in [0.3, 0.4) is 0 Å². The minimum atomic E-state index is -4.95. The summed E-state index contributed by atoms with van der Waals surface area (Å²) in [6, 6.07) is 6.71. The zero-order chi connectivity index (χ0) is 25.6. The van der Waals surface area contributed by atoms with Crippen LogP contribution in [0.15, 0.2) is 42.5 Å². The minimum Gasteiger partial charge on any atom is -0.376 e. The second-order valence-corrected chi connectivity index (χ2v) is 8.45. The highest BCUT2D eigenvalue weighted by Gasteiger charge is 2.37. The summed E-state index contributed by atoms with van der Waals surface area (Å²) in [6.07, 6.45) is -8.54. The lowest BCUT2D eigenvalue weighted by atomic mass is 9.96. The van der Waals surface area contributed by atoms with Gasteiger partial charge in [-0.15, -0.1) is 0 Å². The van der Waals surface area contributed by atoms with Crippen LogP contribution in [0.1, 0.15) is 41.0 Å². The summed E-state index contributed by atoms with van der Waals surface area (Å²) >= 11 is 0. The number of amides is 1. The Labute approximate surface area is 197 Å². The summed E-state index contributed by atoms with van der Waals surface area (Å²) in [4.78, 5) is 12.5. The molecule has 1 fully saturated rings. The van der Waals surface area contributed by atoms with Gasteiger partial charge in [0.1, 0.15) is 5.82 Å². The quantitative estimate of drug-likeness (QED) is 0.479. The summed E-state index contributed by atoms with van der Waals surface area (Å²) in [5.41, 5.74) is -2.52. The van der Waals surface area contributed by atoms with Crippen molar-refractivity contribution in [2.24, 2.45) is 5.92 Å². The van der Waals surface area contributed by atoms with Gasteiger partial charge in [0.15, 0.2) is 0 Å². The van der Waals surface area contributed by atoms with Gasteiger partial charge in [0.05, 0.1) is 24.3 Å². The summed E-state index contributed by atoms with van der Waals surface area (Å²) in [5.74, 6) is -1.27. The van der Waals surface area contributed by atoms with E-state index in [4.69, 9.17) is 4.74 Å². The smallest absolute Gasteiger partial charge is 0.376 e. The van der Waals surface area contributed by atoms with Gasteiger partial charge < -0.3 is 15.4 Å². The van der Waals surface area contributed by atoms with Crippen LogP contribution in [0.25, 0.3) is 0 Å². The van der Waals surface area contributed by atoms with Crippen molar-refractivity contribution >= 4 is 5.91 Å². The second-order valence-electron chi connectivity index (χ2n) is 8.45. The number of halogens is 7. The number of carbonyl (C=O) groups is 1. The lowest BCUT2D eigenvalue weighted by Gasteiger charge is -2.24. The molecule has 0 radical (unpaired) electrons. The molecule has 0 bridgehead atoms. The van der Waals surface area contributed by atoms with Crippen molar-refractivity contribution in [2.45, 2.75) is 37.7 Å². The number of alkyl halides is 6. The zero-order valence-corrected chi connectivity index (χ0v) is 18.6. The Balaban J connectivity index is 1.70. The topological polar surface area (TPSA) is 50.4 Å². The maximum Gasteiger partial charge on any atom is 0.416 e. The molecule has 1 heterocycles. The number of carbonyl (C=O) groups excluding carboxylic acids is 1. The first-order valence-electron chi connectivity index (χ1n) is 11.0. The van der Waals surface area contributed by atoms with Gasteiger partial charge in [-0.3, -0.25) is 4.79 Å². The molecule has 1 saturated heterocycles. The van der Waals surface area contributed by atoms with Gasteiger partial charge in [-0.25, -0.2) is 4.39 Å². The number of rotatable bonds is 8. The highest BCUT2D eigenvalue weighted by atomic mass is 19.4. The molecule has 35 heavy (non-hydrogen) atoms. The fourth-order valence-corrected chi connectivity index (χ4v) is 3.88. The maximum absolute atomic E-state index is 13.4. The lowest BCUT2D eigenvalue weighted by Crippen LogP contribution is -2.40. The average molecular weight is 506 g/mol. The van der Waals surface area contributed by atoms with Crippen molar-refractivity contribution in [1.29, 1.82) is 0 Å². The molecule has 3 rings (SSSR count). The van der Waals surface area contributed by atoms with Gasteiger partial charge >= 0.3 is 12.4 Å². The fourth-order valence-electron chi connectivity index (χ4n) is 3.88. The van der Waals surface area contributed by atoms with E-state index in [1.165, 1.54) is 24.3 Å². The van der Waals surface area contributed by atoms with Gasteiger partial charge in [0.25, 0.3) is 0 Å². The summed E-state index contributed by atoms with van der Waals surface area (Å²) in [7, 11) is 0. The Kier molecular flexibility index (Phi) is 8.76. The Hall–Kier alpha value is -2.66. The number of benzene rings is 2. The normalized spacial score (nSPS) is 16.2. The van der Waals surface area contributed by atoms with Crippen molar-refractivity contribution in [3.05, 3.63) is 70.5 Å². The summed E-state index contributed by atoms with van der Waals surface area (Å²) < 4.78 is 97.4. The van der Waals surface area contributed by atoms with Gasteiger partial charge in [0.2, 0.25) is 5.91 Å². The Morgan fingerprint density at radius 3 is 2.09 bits per heavy atom. The van der Waals surface area contributed by atoms with E-state index in [-0.39, 0.29) is 36.6 Å². The first-order chi connectivity index (χ1) is 16.4. The molecule has 0 aromatic heterocycles. The molecule has 0 saturated carbocycles. The van der Waals surface area contributed by atoms with Crippen molar-refractivity contribution < 1.29 is 40.3 Å². The van der Waals surface area contributed by atoms with Crippen LogP contribution >= 0.6 is 0 Å². The molecule has 2 aromatic carbocycles. The highest BCUT2D eigenvalue weighted by Crippen LogP contribution is 2.36. The first kappa shape index (κ1) is 26.9. The van der Waals surface area contributed by atoms with Crippen LogP contribution in [-0.2, 0) is 28.5 Å². The Morgan fingerprint density at radius 2 is 1.54 bits per heavy atom. The van der Waals surface area contributed by atoms with E-state index in [1.807, 2.05) is 0 Å². The van der Waals surface area contributed by atoms with E-state index >= 15 is 0 Å². The average Bonchev–Trinajstić information content (AvgIpc) is 2.81. The molecule has 1 atom stereocenters. The van der Waals surface area contributed by atoms with Crippen LogP contribution in [0.2, 0.25) is 0 Å².